The summed E-state index contributed by atoms with van der Waals surface area (Å²) >= 11 is 2.22. The van der Waals surface area contributed by atoms with E-state index in [0.29, 0.717) is 12.1 Å². The predicted molar refractivity (Wildman–Crippen MR) is 73.7 cm³/mol. The number of furan rings is 1. The highest BCUT2D eigenvalue weighted by Crippen LogP contribution is 2.11. The Kier molecular flexibility index (Phi) is 3.83. The average molecular weight is 341 g/mol. The fraction of sp³-hybridized carbons (Fsp3) is 0.154. The van der Waals surface area contributed by atoms with E-state index in [0.717, 1.165) is 9.33 Å². The fourth-order valence-corrected chi connectivity index (χ4v) is 1.88. The molecule has 1 aromatic heterocycles. The molecule has 0 atom stereocenters. The molecule has 0 saturated heterocycles. The van der Waals surface area contributed by atoms with Gasteiger partial charge in [0.05, 0.1) is 12.8 Å². The van der Waals surface area contributed by atoms with Gasteiger partial charge in [0.1, 0.15) is 5.76 Å². The highest BCUT2D eigenvalue weighted by atomic mass is 127. The van der Waals surface area contributed by atoms with Crippen molar-refractivity contribution >= 4 is 28.5 Å². The third-order valence-corrected chi connectivity index (χ3v) is 3.13. The Morgan fingerprint density at radius 3 is 2.59 bits per heavy atom. The lowest BCUT2D eigenvalue weighted by molar-refractivity contribution is 0.0775. The highest BCUT2D eigenvalue weighted by molar-refractivity contribution is 14.1. The Morgan fingerprint density at radius 1 is 1.29 bits per heavy atom. The van der Waals surface area contributed by atoms with Crippen LogP contribution in [-0.2, 0) is 6.54 Å². The molecular weight excluding hydrogens is 329 g/mol. The van der Waals surface area contributed by atoms with Gasteiger partial charge < -0.3 is 9.32 Å². The average Bonchev–Trinajstić information content (AvgIpc) is 2.82. The maximum Gasteiger partial charge on any atom is 0.254 e. The van der Waals surface area contributed by atoms with Crippen LogP contribution in [0.25, 0.3) is 0 Å². The maximum atomic E-state index is 12.1. The van der Waals surface area contributed by atoms with Crippen molar-refractivity contribution in [3.63, 3.8) is 0 Å². The predicted octanol–water partition coefficient (Wildman–Crippen LogP) is 3.16. The summed E-state index contributed by atoms with van der Waals surface area (Å²) in [7, 11) is 1.77. The number of halogens is 1. The highest BCUT2D eigenvalue weighted by Gasteiger charge is 2.12. The quantitative estimate of drug-likeness (QED) is 0.804. The van der Waals surface area contributed by atoms with Gasteiger partial charge in [0, 0.05) is 16.2 Å². The molecule has 0 saturated carbocycles. The lowest BCUT2D eigenvalue weighted by Crippen LogP contribution is -2.25. The number of carbonyl (C=O) groups excluding carboxylic acids is 1. The van der Waals surface area contributed by atoms with E-state index in [1.807, 2.05) is 36.4 Å². The molecule has 1 aromatic carbocycles. The largest absolute Gasteiger partial charge is 0.467 e. The Hall–Kier alpha value is -1.30. The molecule has 0 unspecified atom stereocenters. The summed E-state index contributed by atoms with van der Waals surface area (Å²) in [5.41, 5.74) is 0.694. The minimum atomic E-state index is -0.00204. The second-order valence-electron chi connectivity index (χ2n) is 3.75. The summed E-state index contributed by atoms with van der Waals surface area (Å²) < 4.78 is 6.33. The van der Waals surface area contributed by atoms with Gasteiger partial charge in [-0.15, -0.1) is 0 Å². The van der Waals surface area contributed by atoms with Crippen LogP contribution in [0.15, 0.2) is 47.1 Å². The zero-order valence-corrected chi connectivity index (χ0v) is 11.5. The van der Waals surface area contributed by atoms with Crippen LogP contribution in [0.4, 0.5) is 0 Å². The number of hydrogen-bond donors (Lipinski definition) is 0. The van der Waals surface area contributed by atoms with Crippen LogP contribution in [0, 0.1) is 3.57 Å². The summed E-state index contributed by atoms with van der Waals surface area (Å²) in [6.07, 6.45) is 1.61. The molecule has 0 fully saturated rings. The van der Waals surface area contributed by atoms with E-state index in [4.69, 9.17) is 4.42 Å². The van der Waals surface area contributed by atoms with Gasteiger partial charge in [-0.05, 0) is 59.0 Å². The first-order chi connectivity index (χ1) is 8.16. The topological polar surface area (TPSA) is 33.5 Å². The molecule has 4 heteroatoms. The van der Waals surface area contributed by atoms with Crippen LogP contribution in [0.1, 0.15) is 16.1 Å². The van der Waals surface area contributed by atoms with Crippen molar-refractivity contribution in [3.05, 3.63) is 57.6 Å². The zero-order valence-electron chi connectivity index (χ0n) is 9.39. The summed E-state index contributed by atoms with van der Waals surface area (Å²) in [5.74, 6) is 0.782. The van der Waals surface area contributed by atoms with Crippen molar-refractivity contribution in [3.8, 4) is 0 Å². The number of amides is 1. The molecule has 2 rings (SSSR count). The van der Waals surface area contributed by atoms with E-state index in [2.05, 4.69) is 22.6 Å². The Balaban J connectivity index is 2.07. The molecule has 0 bridgehead atoms. The van der Waals surface area contributed by atoms with E-state index in [-0.39, 0.29) is 5.91 Å². The van der Waals surface area contributed by atoms with Gasteiger partial charge in [-0.3, -0.25) is 4.79 Å². The standard InChI is InChI=1S/C13H12INO2/c1-15(9-12-3-2-8-17-12)13(16)10-4-6-11(14)7-5-10/h2-8H,9H2,1H3. The van der Waals surface area contributed by atoms with Crippen LogP contribution >= 0.6 is 22.6 Å². The molecule has 88 valence electrons. The van der Waals surface area contributed by atoms with Gasteiger partial charge in [-0.25, -0.2) is 0 Å². The van der Waals surface area contributed by atoms with Crippen molar-refractivity contribution in [1.29, 1.82) is 0 Å². The van der Waals surface area contributed by atoms with Crippen LogP contribution < -0.4 is 0 Å². The molecule has 17 heavy (non-hydrogen) atoms. The third-order valence-electron chi connectivity index (χ3n) is 2.41. The summed E-state index contributed by atoms with van der Waals surface area (Å²) in [6.45, 7) is 0.484. The molecule has 0 aliphatic rings. The van der Waals surface area contributed by atoms with Gasteiger partial charge in [-0.1, -0.05) is 0 Å². The summed E-state index contributed by atoms with van der Waals surface area (Å²) in [4.78, 5) is 13.7. The molecule has 2 aromatic rings. The van der Waals surface area contributed by atoms with Crippen molar-refractivity contribution in [1.82, 2.24) is 4.90 Å². The van der Waals surface area contributed by atoms with E-state index in [1.54, 1.807) is 18.2 Å². The van der Waals surface area contributed by atoms with Gasteiger partial charge in [0.2, 0.25) is 0 Å². The number of benzene rings is 1. The second kappa shape index (κ2) is 5.35. The van der Waals surface area contributed by atoms with Gasteiger partial charge in [-0.2, -0.15) is 0 Å². The van der Waals surface area contributed by atoms with Crippen LogP contribution in [-0.4, -0.2) is 17.9 Å². The van der Waals surface area contributed by atoms with Crippen LogP contribution in [0.2, 0.25) is 0 Å². The van der Waals surface area contributed by atoms with Crippen molar-refractivity contribution in [2.45, 2.75) is 6.54 Å². The van der Waals surface area contributed by atoms with Gasteiger partial charge >= 0.3 is 0 Å². The fourth-order valence-electron chi connectivity index (χ4n) is 1.52. The number of carbonyl (C=O) groups is 1. The Morgan fingerprint density at radius 2 is 2.00 bits per heavy atom. The van der Waals surface area contributed by atoms with Gasteiger partial charge in [0.15, 0.2) is 0 Å². The second-order valence-corrected chi connectivity index (χ2v) is 4.99. The smallest absolute Gasteiger partial charge is 0.254 e. The molecule has 0 aliphatic heterocycles. The van der Waals surface area contributed by atoms with Crippen molar-refractivity contribution < 1.29 is 9.21 Å². The molecule has 0 radical (unpaired) electrons. The normalized spacial score (nSPS) is 10.2. The van der Waals surface area contributed by atoms with Crippen molar-refractivity contribution in [2.24, 2.45) is 0 Å². The first-order valence-corrected chi connectivity index (χ1v) is 6.28. The Bertz CT molecular complexity index is 491. The first-order valence-electron chi connectivity index (χ1n) is 5.20. The minimum absolute atomic E-state index is 0.00204. The van der Waals surface area contributed by atoms with Crippen LogP contribution in [0.3, 0.4) is 0 Å². The maximum absolute atomic E-state index is 12.1. The van der Waals surface area contributed by atoms with Crippen molar-refractivity contribution in [2.75, 3.05) is 7.05 Å². The number of hydrogen-bond acceptors (Lipinski definition) is 2. The van der Waals surface area contributed by atoms with E-state index in [9.17, 15) is 4.79 Å². The molecule has 0 N–H and O–H groups in total. The summed E-state index contributed by atoms with van der Waals surface area (Å²) in [6, 6.07) is 11.2. The molecule has 3 nitrogen and oxygen atoms in total. The summed E-state index contributed by atoms with van der Waals surface area (Å²) in [5, 5.41) is 0. The third kappa shape index (κ3) is 3.09. The molecule has 1 heterocycles. The molecular formula is C13H12INO2. The molecule has 0 spiro atoms. The lowest BCUT2D eigenvalue weighted by Gasteiger charge is -2.15. The minimum Gasteiger partial charge on any atom is -0.467 e. The number of rotatable bonds is 3. The number of nitrogens with zero attached hydrogens (tertiary/aromatic N) is 1. The first kappa shape index (κ1) is 12.2. The van der Waals surface area contributed by atoms with Crippen LogP contribution in [0.5, 0.6) is 0 Å². The molecule has 1 amide bonds. The SMILES string of the molecule is CN(Cc1ccco1)C(=O)c1ccc(I)cc1. The zero-order chi connectivity index (χ0) is 12.3. The van der Waals surface area contributed by atoms with E-state index in [1.165, 1.54) is 0 Å². The van der Waals surface area contributed by atoms with E-state index >= 15 is 0 Å². The Labute approximate surface area is 114 Å². The monoisotopic (exact) mass is 341 g/mol. The molecule has 0 aliphatic carbocycles. The van der Waals surface area contributed by atoms with E-state index < -0.39 is 0 Å². The lowest BCUT2D eigenvalue weighted by atomic mass is 10.2. The van der Waals surface area contributed by atoms with Gasteiger partial charge in [0.25, 0.3) is 5.91 Å².